The van der Waals surface area contributed by atoms with Crippen molar-refractivity contribution in [3.63, 3.8) is 0 Å². The fourth-order valence-electron chi connectivity index (χ4n) is 3.07. The van der Waals surface area contributed by atoms with E-state index >= 15 is 0 Å². The molecule has 0 bridgehead atoms. The van der Waals surface area contributed by atoms with Crippen LogP contribution >= 0.6 is 0 Å². The van der Waals surface area contributed by atoms with Crippen LogP contribution in [0, 0.1) is 5.92 Å². The number of anilines is 1. The number of aliphatic hydroxyl groups excluding tert-OH is 1. The second-order valence-corrected chi connectivity index (χ2v) is 5.96. The lowest BCUT2D eigenvalue weighted by Crippen LogP contribution is -2.41. The first-order chi connectivity index (χ1) is 10.5. The van der Waals surface area contributed by atoms with Crippen molar-refractivity contribution in [2.24, 2.45) is 5.92 Å². The molecule has 1 aromatic rings. The average molecular weight is 308 g/mol. The van der Waals surface area contributed by atoms with Gasteiger partial charge < -0.3 is 25.2 Å². The Bertz CT molecular complexity index is 493. The molecule has 1 fully saturated rings. The molecule has 1 heterocycles. The van der Waals surface area contributed by atoms with Gasteiger partial charge in [0.2, 0.25) is 0 Å². The Balaban J connectivity index is 2.20. The molecule has 2 unspecified atom stereocenters. The van der Waals surface area contributed by atoms with E-state index in [0.717, 1.165) is 31.5 Å². The highest BCUT2D eigenvalue weighted by Gasteiger charge is 2.26. The molecule has 3 N–H and O–H groups in total. The second-order valence-electron chi connectivity index (χ2n) is 5.96. The molecule has 0 radical (unpaired) electrons. The predicted molar refractivity (Wildman–Crippen MR) is 88.5 cm³/mol. The lowest BCUT2D eigenvalue weighted by atomic mass is 9.88. The molecule has 0 amide bonds. The highest BCUT2D eigenvalue weighted by atomic mass is 16.5. The molecule has 1 aliphatic heterocycles. The molecule has 0 saturated carbocycles. The van der Waals surface area contributed by atoms with Gasteiger partial charge in [0.25, 0.3) is 0 Å². The first kappa shape index (κ1) is 16.9. The molecule has 124 valence electrons. The quantitative estimate of drug-likeness (QED) is 0.786. The minimum atomic E-state index is -0.250. The fraction of sp³-hybridized carbons (Fsp3) is 0.647. The van der Waals surface area contributed by atoms with Crippen LogP contribution in [0.3, 0.4) is 0 Å². The van der Waals surface area contributed by atoms with Crippen LogP contribution in [0.1, 0.15) is 25.8 Å². The summed E-state index contributed by atoms with van der Waals surface area (Å²) in [4.78, 5) is 2.26. The summed E-state index contributed by atoms with van der Waals surface area (Å²) in [5, 5.41) is 10.2. The largest absolute Gasteiger partial charge is 0.490 e. The molecule has 0 spiro atoms. The van der Waals surface area contributed by atoms with Crippen molar-refractivity contribution in [1.82, 2.24) is 4.90 Å². The van der Waals surface area contributed by atoms with Crippen molar-refractivity contribution in [2.45, 2.75) is 32.8 Å². The summed E-state index contributed by atoms with van der Waals surface area (Å²) in [5.41, 5.74) is 7.81. The van der Waals surface area contributed by atoms with Crippen LogP contribution < -0.4 is 15.2 Å². The van der Waals surface area contributed by atoms with E-state index in [9.17, 15) is 5.11 Å². The summed E-state index contributed by atoms with van der Waals surface area (Å²) in [5.74, 6) is 1.54. The topological polar surface area (TPSA) is 68.0 Å². The number of piperidine rings is 1. The van der Waals surface area contributed by atoms with Crippen LogP contribution in [0.25, 0.3) is 0 Å². The Labute approximate surface area is 133 Å². The van der Waals surface area contributed by atoms with Gasteiger partial charge in [0.05, 0.1) is 25.0 Å². The number of likely N-dealkylation sites (tertiary alicyclic amines) is 1. The molecule has 0 aliphatic carbocycles. The zero-order valence-corrected chi connectivity index (χ0v) is 13.8. The van der Waals surface area contributed by atoms with Crippen LogP contribution in [-0.4, -0.2) is 49.5 Å². The molecule has 1 aliphatic rings. The number of hydrogen-bond donors (Lipinski definition) is 2. The van der Waals surface area contributed by atoms with Crippen LogP contribution in [0.15, 0.2) is 12.1 Å². The third-order valence-corrected chi connectivity index (χ3v) is 4.13. The third-order valence-electron chi connectivity index (χ3n) is 4.13. The van der Waals surface area contributed by atoms with Gasteiger partial charge in [-0.2, -0.15) is 0 Å². The number of nitrogens with zero attached hydrogens (tertiary/aromatic N) is 1. The number of rotatable bonds is 6. The van der Waals surface area contributed by atoms with E-state index < -0.39 is 0 Å². The number of ether oxygens (including phenoxy) is 2. The Morgan fingerprint density at radius 2 is 2.00 bits per heavy atom. The van der Waals surface area contributed by atoms with Crippen molar-refractivity contribution < 1.29 is 14.6 Å². The minimum Gasteiger partial charge on any atom is -0.490 e. The van der Waals surface area contributed by atoms with Crippen molar-refractivity contribution in [2.75, 3.05) is 39.1 Å². The number of nitrogens with two attached hydrogens (primary N) is 1. The van der Waals surface area contributed by atoms with Crippen molar-refractivity contribution in [3.05, 3.63) is 17.7 Å². The molecule has 5 heteroatoms. The van der Waals surface area contributed by atoms with Gasteiger partial charge in [0.1, 0.15) is 0 Å². The van der Waals surface area contributed by atoms with Gasteiger partial charge in [-0.15, -0.1) is 0 Å². The Morgan fingerprint density at radius 3 is 2.68 bits per heavy atom. The van der Waals surface area contributed by atoms with Crippen molar-refractivity contribution >= 4 is 5.69 Å². The van der Waals surface area contributed by atoms with Gasteiger partial charge in [-0.1, -0.05) is 0 Å². The van der Waals surface area contributed by atoms with Crippen LogP contribution in [0.4, 0.5) is 5.69 Å². The normalized spacial score (nSPS) is 22.5. The first-order valence-corrected chi connectivity index (χ1v) is 8.09. The summed E-state index contributed by atoms with van der Waals surface area (Å²) >= 11 is 0. The third kappa shape index (κ3) is 4.05. The standard InChI is InChI=1S/C17H28N2O3/c1-4-21-16-10-12(9-14(18)17(16)22-5-2)8-13-11-19(3)7-6-15(13)20/h9-10,13,15,20H,4-8,11,18H2,1-3H3. The lowest BCUT2D eigenvalue weighted by molar-refractivity contribution is 0.0366. The van der Waals surface area contributed by atoms with Crippen molar-refractivity contribution in [3.8, 4) is 11.5 Å². The van der Waals surface area contributed by atoms with Crippen molar-refractivity contribution in [1.29, 1.82) is 0 Å². The zero-order chi connectivity index (χ0) is 16.1. The Kier molecular flexibility index (Phi) is 5.91. The Morgan fingerprint density at radius 1 is 1.27 bits per heavy atom. The van der Waals surface area contributed by atoms with E-state index in [1.54, 1.807) is 0 Å². The van der Waals surface area contributed by atoms with E-state index in [4.69, 9.17) is 15.2 Å². The molecule has 22 heavy (non-hydrogen) atoms. The van der Waals surface area contributed by atoms with E-state index in [2.05, 4.69) is 11.9 Å². The summed E-state index contributed by atoms with van der Waals surface area (Å²) in [6, 6.07) is 3.93. The predicted octanol–water partition coefficient (Wildman–Crippen LogP) is 1.92. The maximum Gasteiger partial charge on any atom is 0.184 e. The van der Waals surface area contributed by atoms with E-state index in [1.807, 2.05) is 26.0 Å². The first-order valence-electron chi connectivity index (χ1n) is 8.09. The van der Waals surface area contributed by atoms with Gasteiger partial charge in [-0.25, -0.2) is 0 Å². The van der Waals surface area contributed by atoms with Gasteiger partial charge in [0, 0.05) is 19.0 Å². The highest BCUT2D eigenvalue weighted by Crippen LogP contribution is 2.36. The molecule has 0 aromatic heterocycles. The monoisotopic (exact) mass is 308 g/mol. The molecular weight excluding hydrogens is 280 g/mol. The molecule has 1 aromatic carbocycles. The van der Waals surface area contributed by atoms with Gasteiger partial charge in [-0.3, -0.25) is 0 Å². The molecule has 1 saturated heterocycles. The minimum absolute atomic E-state index is 0.227. The lowest BCUT2D eigenvalue weighted by Gasteiger charge is -2.34. The average Bonchev–Trinajstić information content (AvgIpc) is 2.47. The summed E-state index contributed by atoms with van der Waals surface area (Å²) in [6.07, 6.45) is 1.37. The van der Waals surface area contributed by atoms with E-state index in [-0.39, 0.29) is 12.0 Å². The van der Waals surface area contributed by atoms with Gasteiger partial charge in [0.15, 0.2) is 11.5 Å². The summed E-state index contributed by atoms with van der Waals surface area (Å²) in [7, 11) is 2.09. The Hall–Kier alpha value is -1.46. The molecule has 2 atom stereocenters. The van der Waals surface area contributed by atoms with E-state index in [1.165, 1.54) is 0 Å². The number of nitrogen functional groups attached to an aromatic ring is 1. The summed E-state index contributed by atoms with van der Waals surface area (Å²) in [6.45, 7) is 6.84. The van der Waals surface area contributed by atoms with Crippen LogP contribution in [0.5, 0.6) is 11.5 Å². The zero-order valence-electron chi connectivity index (χ0n) is 13.8. The van der Waals surface area contributed by atoms with E-state index in [0.29, 0.717) is 30.4 Å². The summed E-state index contributed by atoms with van der Waals surface area (Å²) < 4.78 is 11.3. The SMILES string of the molecule is CCOc1cc(CC2CN(C)CCC2O)cc(N)c1OCC. The molecular formula is C17H28N2O3. The van der Waals surface area contributed by atoms with Gasteiger partial charge >= 0.3 is 0 Å². The maximum absolute atomic E-state index is 10.2. The van der Waals surface area contributed by atoms with Gasteiger partial charge in [-0.05, 0) is 51.4 Å². The highest BCUT2D eigenvalue weighted by molar-refractivity contribution is 5.62. The van der Waals surface area contributed by atoms with Crippen LogP contribution in [-0.2, 0) is 6.42 Å². The fourth-order valence-corrected chi connectivity index (χ4v) is 3.07. The molecule has 2 rings (SSSR count). The van der Waals surface area contributed by atoms with Crippen LogP contribution in [0.2, 0.25) is 0 Å². The maximum atomic E-state index is 10.2. The molecule has 5 nitrogen and oxygen atoms in total. The number of hydrogen-bond acceptors (Lipinski definition) is 5. The smallest absolute Gasteiger partial charge is 0.184 e. The number of aliphatic hydroxyl groups is 1. The number of benzene rings is 1. The second kappa shape index (κ2) is 7.70.